The number of anilines is 1. The minimum atomic E-state index is -4.65. The molecule has 0 saturated carbocycles. The van der Waals surface area contributed by atoms with Crippen LogP contribution in [0.15, 0.2) is 60.9 Å². The van der Waals surface area contributed by atoms with Gasteiger partial charge >= 0.3 is 7.82 Å². The highest BCUT2D eigenvalue weighted by Crippen LogP contribution is 2.55. The van der Waals surface area contributed by atoms with Crippen LogP contribution in [0.25, 0.3) is 5.52 Å². The van der Waals surface area contributed by atoms with E-state index in [0.29, 0.717) is 23.2 Å². The second kappa shape index (κ2) is 24.0. The summed E-state index contributed by atoms with van der Waals surface area (Å²) in [6, 6.07) is 18.1. The zero-order chi connectivity index (χ0) is 46.3. The third-order valence-corrected chi connectivity index (χ3v) is 13.5. The maximum atomic E-state index is 14.9. The number of nitrogen functional groups attached to an aromatic ring is 1. The second-order valence-corrected chi connectivity index (χ2v) is 19.4. The van der Waals surface area contributed by atoms with Crippen molar-refractivity contribution >= 4 is 30.8 Å². The van der Waals surface area contributed by atoms with Gasteiger partial charge in [0.15, 0.2) is 11.6 Å². The molecular weight excluding hydrogens is 874 g/mol. The van der Waals surface area contributed by atoms with Gasteiger partial charge in [-0.25, -0.2) is 18.5 Å². The van der Waals surface area contributed by atoms with E-state index in [1.165, 1.54) is 89.1 Å². The number of para-hydroxylation sites is 1. The number of rotatable bonds is 28. The molecule has 0 radical (unpaired) electrons. The maximum absolute atomic E-state index is 14.9. The molecule has 0 spiro atoms. The third-order valence-electron chi connectivity index (χ3n) is 11.8. The van der Waals surface area contributed by atoms with Crippen molar-refractivity contribution in [1.29, 1.82) is 10.5 Å². The molecule has 2 aliphatic rings. The van der Waals surface area contributed by atoms with Crippen molar-refractivity contribution in [1.82, 2.24) is 14.6 Å². The Balaban J connectivity index is 1.12. The lowest BCUT2D eigenvalue weighted by molar-refractivity contribution is -0.204. The van der Waals surface area contributed by atoms with Crippen LogP contribution in [0.1, 0.15) is 146 Å². The predicted molar refractivity (Wildman–Crippen MR) is 244 cm³/mol. The molecule has 4 heterocycles. The second-order valence-electron chi connectivity index (χ2n) is 17.4. The summed E-state index contributed by atoms with van der Waals surface area (Å²) in [5, 5.41) is 24.8. The molecule has 0 amide bonds. The van der Waals surface area contributed by atoms with Crippen LogP contribution in [0.2, 0.25) is 5.02 Å². The number of fused-ring (bicyclic) bond motifs is 2. The van der Waals surface area contributed by atoms with Crippen LogP contribution >= 0.6 is 19.4 Å². The Morgan fingerprint density at radius 2 is 1.58 bits per heavy atom. The highest BCUT2D eigenvalue weighted by molar-refractivity contribution is 7.49. The number of nitrogens with two attached hydrogens (primary N) is 1. The summed E-state index contributed by atoms with van der Waals surface area (Å²) in [6.07, 6.45) is 16.7. The highest BCUT2D eigenvalue weighted by Gasteiger charge is 2.65. The number of nitriles is 2. The largest absolute Gasteiger partial charge is 0.530 e. The van der Waals surface area contributed by atoms with Gasteiger partial charge in [0.2, 0.25) is 5.60 Å². The van der Waals surface area contributed by atoms with E-state index in [0.717, 1.165) is 31.7 Å². The van der Waals surface area contributed by atoms with Gasteiger partial charge in [-0.2, -0.15) is 15.6 Å². The number of aromatic nitrogens is 3. The standard InChI is InChI=1S/C48H63ClFN6O8P/c1-4-5-6-7-8-9-10-11-12-13-14-15-16-17-18-21-38(58-30-36-26-35(29-51)27-37(50)28-36)31-59-65(57,64-42-23-20-19-22-39(42)49)60-33-48(32-52)45-44(61-47(2,3)63-45)43(62-48)40-24-25-41-46(53)54-34-55-56(40)41/h19-20,22-28,34,38,43-45H,4-18,21,30-31,33H2,1-3H3,(H2,53,54,55)/t38?,43-,44-,45-,48+,65?/m0/s1. The Hall–Kier alpha value is -4.15. The lowest BCUT2D eigenvalue weighted by Gasteiger charge is -2.30. The molecule has 352 valence electrons. The summed E-state index contributed by atoms with van der Waals surface area (Å²) in [5.41, 5.74) is 5.91. The molecule has 2 saturated heterocycles. The Kier molecular flexibility index (Phi) is 18.6. The van der Waals surface area contributed by atoms with Gasteiger partial charge in [0, 0.05) is 0 Å². The molecule has 17 heteroatoms. The van der Waals surface area contributed by atoms with E-state index in [9.17, 15) is 19.5 Å². The van der Waals surface area contributed by atoms with Crippen LogP contribution in [0.3, 0.4) is 0 Å². The molecule has 2 unspecified atom stereocenters. The SMILES string of the molecule is CCCCCCCCCCCCCCCCCC(COP(=O)(OC[C@@]1(C#N)O[C@@H](c2ccc3c(N)ncnn23)[C@@H]2OC(C)(C)O[C@@H]21)Oc1ccccc1Cl)OCc1cc(F)cc(C#N)c1. The van der Waals surface area contributed by atoms with Crippen LogP contribution in [0, 0.1) is 28.5 Å². The number of phosphoric ester groups is 1. The normalized spacial score (nSPS) is 21.4. The molecule has 2 fully saturated rings. The Labute approximate surface area is 387 Å². The van der Waals surface area contributed by atoms with Crippen molar-refractivity contribution in [3.05, 3.63) is 88.6 Å². The fourth-order valence-corrected chi connectivity index (χ4v) is 9.94. The molecule has 65 heavy (non-hydrogen) atoms. The van der Waals surface area contributed by atoms with E-state index in [1.54, 1.807) is 54.8 Å². The van der Waals surface area contributed by atoms with Crippen molar-refractivity contribution in [3.8, 4) is 17.9 Å². The van der Waals surface area contributed by atoms with Crippen molar-refractivity contribution in [2.24, 2.45) is 0 Å². The fraction of sp³-hybridized carbons (Fsp3) is 0.583. The lowest BCUT2D eigenvalue weighted by Crippen LogP contribution is -2.46. The van der Waals surface area contributed by atoms with Crippen LogP contribution in [-0.4, -0.2) is 57.5 Å². The first kappa shape index (κ1) is 50.3. The van der Waals surface area contributed by atoms with Crippen LogP contribution < -0.4 is 10.3 Å². The summed E-state index contributed by atoms with van der Waals surface area (Å²) in [6.45, 7) is 4.76. The number of hydrogen-bond donors (Lipinski definition) is 1. The van der Waals surface area contributed by atoms with Gasteiger partial charge in [0.05, 0.1) is 41.7 Å². The van der Waals surface area contributed by atoms with E-state index < -0.39 is 56.1 Å². The van der Waals surface area contributed by atoms with Crippen molar-refractivity contribution < 1.29 is 41.5 Å². The van der Waals surface area contributed by atoms with Gasteiger partial charge in [0.25, 0.3) is 0 Å². The molecule has 2 aromatic heterocycles. The molecule has 2 N–H and O–H groups in total. The number of unbranched alkanes of at least 4 members (excludes halogenated alkanes) is 14. The molecule has 0 aliphatic carbocycles. The highest BCUT2D eigenvalue weighted by atomic mass is 35.5. The number of halogens is 2. The topological polar surface area (TPSA) is 185 Å². The summed E-state index contributed by atoms with van der Waals surface area (Å²) in [4.78, 5) is 4.07. The average Bonchev–Trinajstić information content (AvgIpc) is 3.95. The van der Waals surface area contributed by atoms with Gasteiger partial charge in [0.1, 0.15) is 54.4 Å². The minimum absolute atomic E-state index is 0.0220. The smallest absolute Gasteiger partial charge is 0.402 e. The number of benzene rings is 2. The van der Waals surface area contributed by atoms with Gasteiger partial charge in [-0.3, -0.25) is 9.05 Å². The fourth-order valence-electron chi connectivity index (χ4n) is 8.44. The Bertz CT molecular complexity index is 2290. The first-order valence-electron chi connectivity index (χ1n) is 23.1. The number of phosphoric acid groups is 1. The van der Waals surface area contributed by atoms with E-state index in [2.05, 4.69) is 23.1 Å². The van der Waals surface area contributed by atoms with Crippen molar-refractivity contribution in [2.75, 3.05) is 18.9 Å². The molecular formula is C48H63ClFN6O8P. The summed E-state index contributed by atoms with van der Waals surface area (Å²) >= 11 is 6.48. The zero-order valence-electron chi connectivity index (χ0n) is 37.8. The molecule has 4 aromatic rings. The quantitative estimate of drug-likeness (QED) is 0.0419. The maximum Gasteiger partial charge on any atom is 0.530 e. The van der Waals surface area contributed by atoms with Crippen molar-refractivity contribution in [2.45, 2.75) is 166 Å². The number of ether oxygens (including phenoxy) is 4. The third kappa shape index (κ3) is 13.9. The minimum Gasteiger partial charge on any atom is -0.402 e. The molecule has 2 aliphatic heterocycles. The summed E-state index contributed by atoms with van der Waals surface area (Å²) in [7, 11) is -4.65. The van der Waals surface area contributed by atoms with E-state index in [4.69, 9.17) is 49.9 Å². The van der Waals surface area contributed by atoms with E-state index in [1.807, 2.05) is 6.07 Å². The van der Waals surface area contributed by atoms with Crippen LogP contribution in [0.4, 0.5) is 10.2 Å². The molecule has 6 atom stereocenters. The first-order chi connectivity index (χ1) is 31.4. The van der Waals surface area contributed by atoms with Crippen molar-refractivity contribution in [3.63, 3.8) is 0 Å². The molecule has 14 nitrogen and oxygen atoms in total. The molecule has 2 aromatic carbocycles. The van der Waals surface area contributed by atoms with Crippen LogP contribution in [0.5, 0.6) is 5.75 Å². The van der Waals surface area contributed by atoms with Gasteiger partial charge in [-0.05, 0) is 68.3 Å². The van der Waals surface area contributed by atoms with Gasteiger partial charge in [-0.15, -0.1) is 0 Å². The average molecular weight is 937 g/mol. The van der Waals surface area contributed by atoms with E-state index in [-0.39, 0.29) is 35.4 Å². The first-order valence-corrected chi connectivity index (χ1v) is 24.9. The number of hydrogen-bond acceptors (Lipinski definition) is 13. The Morgan fingerprint density at radius 3 is 2.25 bits per heavy atom. The van der Waals surface area contributed by atoms with E-state index >= 15 is 0 Å². The molecule has 0 bridgehead atoms. The van der Waals surface area contributed by atoms with Crippen LogP contribution in [-0.2, 0) is 39.2 Å². The van der Waals surface area contributed by atoms with Gasteiger partial charge in [-0.1, -0.05) is 127 Å². The monoisotopic (exact) mass is 936 g/mol. The predicted octanol–water partition coefficient (Wildman–Crippen LogP) is 11.9. The Morgan fingerprint density at radius 1 is 0.908 bits per heavy atom. The summed E-state index contributed by atoms with van der Waals surface area (Å²) in [5.74, 6) is -1.41. The lowest BCUT2D eigenvalue weighted by atomic mass is 9.96. The number of nitrogens with zero attached hydrogens (tertiary/aromatic N) is 5. The van der Waals surface area contributed by atoms with Gasteiger partial charge < -0.3 is 29.2 Å². The molecule has 6 rings (SSSR count). The summed E-state index contributed by atoms with van der Waals surface area (Å²) < 4.78 is 74.3. The zero-order valence-corrected chi connectivity index (χ0v) is 39.5.